The second kappa shape index (κ2) is 11.1. The van der Waals surface area contributed by atoms with Crippen LogP contribution in [0.5, 0.6) is 5.75 Å². The molecule has 2 aromatic rings. The maximum atomic E-state index is 15.6. The molecule has 1 aliphatic carbocycles. The molecular formula is C29H38FN3O4. The molecule has 0 amide bonds. The van der Waals surface area contributed by atoms with Crippen LogP contribution in [0.2, 0.25) is 0 Å². The van der Waals surface area contributed by atoms with Crippen LogP contribution in [0, 0.1) is 5.82 Å². The molecule has 1 N–H and O–H groups in total. The van der Waals surface area contributed by atoms with Crippen LogP contribution in [0.1, 0.15) is 69.8 Å². The van der Waals surface area contributed by atoms with Crippen LogP contribution in [0.15, 0.2) is 40.4 Å². The zero-order valence-electron chi connectivity index (χ0n) is 22.5. The van der Waals surface area contributed by atoms with Gasteiger partial charge in [0.05, 0.1) is 18.0 Å². The lowest BCUT2D eigenvalue weighted by Crippen LogP contribution is -2.52. The minimum Gasteiger partial charge on any atom is -0.492 e. The molecule has 0 spiro atoms. The Balaban J connectivity index is 1.62. The molecule has 7 nitrogen and oxygen atoms in total. The first-order chi connectivity index (χ1) is 17.6. The van der Waals surface area contributed by atoms with Crippen LogP contribution >= 0.6 is 0 Å². The minimum absolute atomic E-state index is 0.0466. The number of rotatable bonds is 9. The topological polar surface area (TPSA) is 75.0 Å². The van der Waals surface area contributed by atoms with Gasteiger partial charge < -0.3 is 19.3 Å². The van der Waals surface area contributed by atoms with Gasteiger partial charge in [-0.3, -0.25) is 9.69 Å². The third kappa shape index (κ3) is 5.74. The summed E-state index contributed by atoms with van der Waals surface area (Å²) in [4.78, 5) is 29.0. The summed E-state index contributed by atoms with van der Waals surface area (Å²) in [6, 6.07) is 1.46. The first kappa shape index (κ1) is 26.9. The summed E-state index contributed by atoms with van der Waals surface area (Å²) in [5.74, 6) is -1.58. The number of carbonyl (C=O) groups is 1. The fourth-order valence-corrected chi connectivity index (χ4v) is 5.16. The minimum atomic E-state index is -1.31. The summed E-state index contributed by atoms with van der Waals surface area (Å²) >= 11 is 0. The number of carboxylic acid groups (broad SMARTS) is 1. The Bertz CT molecular complexity index is 1300. The molecule has 8 heteroatoms. The van der Waals surface area contributed by atoms with Gasteiger partial charge in [-0.25, -0.2) is 9.18 Å². The van der Waals surface area contributed by atoms with Crippen molar-refractivity contribution >= 4 is 22.6 Å². The van der Waals surface area contributed by atoms with Gasteiger partial charge in [-0.15, -0.1) is 0 Å². The predicted molar refractivity (Wildman–Crippen MR) is 146 cm³/mol. The highest BCUT2D eigenvalue weighted by molar-refractivity contribution is 5.97. The number of methoxy groups -OCH3 is 1. The summed E-state index contributed by atoms with van der Waals surface area (Å²) < 4.78 is 23.2. The van der Waals surface area contributed by atoms with Crippen molar-refractivity contribution in [3.63, 3.8) is 0 Å². The molecule has 0 radical (unpaired) electrons. The van der Waals surface area contributed by atoms with E-state index in [0.29, 0.717) is 30.0 Å². The Morgan fingerprint density at radius 2 is 1.95 bits per heavy atom. The number of aromatic carboxylic acids is 1. The molecule has 1 saturated carbocycles. The number of aromatic nitrogens is 1. The zero-order valence-corrected chi connectivity index (χ0v) is 22.5. The van der Waals surface area contributed by atoms with Crippen LogP contribution in [0.4, 0.5) is 10.1 Å². The number of pyridine rings is 1. The number of carboxylic acids is 1. The highest BCUT2D eigenvalue weighted by Crippen LogP contribution is 2.44. The largest absolute Gasteiger partial charge is 0.492 e. The van der Waals surface area contributed by atoms with Crippen LogP contribution < -0.4 is 15.1 Å². The predicted octanol–water partition coefficient (Wildman–Crippen LogP) is 5.39. The van der Waals surface area contributed by atoms with Crippen molar-refractivity contribution in [2.75, 3.05) is 38.2 Å². The fourth-order valence-electron chi connectivity index (χ4n) is 5.16. The highest BCUT2D eigenvalue weighted by atomic mass is 19.1. The molecule has 2 fully saturated rings. The number of halogens is 1. The van der Waals surface area contributed by atoms with Crippen molar-refractivity contribution in [3.8, 4) is 5.75 Å². The molecule has 2 heterocycles. The normalized spacial score (nSPS) is 18.8. The smallest absolute Gasteiger partial charge is 0.341 e. The van der Waals surface area contributed by atoms with E-state index in [9.17, 15) is 14.7 Å². The first-order valence-corrected chi connectivity index (χ1v) is 13.1. The Labute approximate surface area is 217 Å². The maximum Gasteiger partial charge on any atom is 0.341 e. The van der Waals surface area contributed by atoms with E-state index in [4.69, 9.17) is 4.74 Å². The summed E-state index contributed by atoms with van der Waals surface area (Å²) in [5, 5.41) is 9.59. The number of benzene rings is 1. The van der Waals surface area contributed by atoms with Crippen molar-refractivity contribution in [3.05, 3.63) is 57.2 Å². The molecule has 1 saturated heterocycles. The summed E-state index contributed by atoms with van der Waals surface area (Å²) in [6.07, 6.45) is 9.79. The number of allylic oxidation sites excluding steroid dienone is 3. The standard InChI is InChI=1S/C29H38FN3O4/c1-18(2)7-6-8-19(3)11-12-31-13-14-32(16-20(31)4)26-24(30)15-22-25(28(26)37-5)33(21-9-10-21)17-23(27(22)34)29(35)36/h7,11,15,17,20-21H,6,8-10,12-14,16H2,1-5H3,(H,35,36)/b19-11-. The Kier molecular flexibility index (Phi) is 8.07. The van der Waals surface area contributed by atoms with Gasteiger partial charge in [-0.2, -0.15) is 0 Å². The van der Waals surface area contributed by atoms with Gasteiger partial charge >= 0.3 is 5.97 Å². The SMILES string of the molecule is COc1c(N2CCN(C/C=C(/C)CCC=C(C)C)C(C)C2)c(F)cc2c(=O)c(C(=O)O)cn(C3CC3)c12. The summed E-state index contributed by atoms with van der Waals surface area (Å²) in [7, 11) is 1.48. The highest BCUT2D eigenvalue weighted by Gasteiger charge is 2.33. The molecule has 200 valence electrons. The van der Waals surface area contributed by atoms with Crippen molar-refractivity contribution in [1.82, 2.24) is 9.47 Å². The lowest BCUT2D eigenvalue weighted by Gasteiger charge is -2.41. The lowest BCUT2D eigenvalue weighted by atomic mass is 10.1. The molecule has 1 aromatic carbocycles. The van der Waals surface area contributed by atoms with Crippen LogP contribution in [-0.2, 0) is 0 Å². The number of nitrogens with zero attached hydrogens (tertiary/aromatic N) is 3. The van der Waals surface area contributed by atoms with Gasteiger partial charge in [0.15, 0.2) is 11.6 Å². The maximum absolute atomic E-state index is 15.6. The van der Waals surface area contributed by atoms with Crippen molar-refractivity contribution < 1.29 is 19.0 Å². The van der Waals surface area contributed by atoms with Crippen molar-refractivity contribution in [1.29, 1.82) is 0 Å². The second-order valence-electron chi connectivity index (χ2n) is 10.6. The zero-order chi connectivity index (χ0) is 26.9. The Morgan fingerprint density at radius 1 is 1.22 bits per heavy atom. The van der Waals surface area contributed by atoms with Gasteiger partial charge in [0.25, 0.3) is 0 Å². The first-order valence-electron chi connectivity index (χ1n) is 13.1. The average Bonchev–Trinajstić information content (AvgIpc) is 3.68. The molecule has 1 aromatic heterocycles. The number of fused-ring (bicyclic) bond motifs is 1. The van der Waals surface area contributed by atoms with E-state index >= 15 is 4.39 Å². The van der Waals surface area contributed by atoms with E-state index < -0.39 is 17.2 Å². The third-order valence-electron chi connectivity index (χ3n) is 7.42. The molecule has 2 aliphatic rings. The van der Waals surface area contributed by atoms with Crippen LogP contribution in [0.25, 0.3) is 10.9 Å². The second-order valence-corrected chi connectivity index (χ2v) is 10.6. The molecule has 1 unspecified atom stereocenters. The van der Waals surface area contributed by atoms with Gasteiger partial charge in [-0.05, 0) is 59.4 Å². The van der Waals surface area contributed by atoms with E-state index in [1.54, 1.807) is 4.57 Å². The van der Waals surface area contributed by atoms with Crippen molar-refractivity contribution in [2.24, 2.45) is 0 Å². The van der Waals surface area contributed by atoms with Crippen LogP contribution in [-0.4, -0.2) is 59.9 Å². The molecular weight excluding hydrogens is 473 g/mol. The number of anilines is 1. The quantitative estimate of drug-likeness (QED) is 0.456. The molecule has 4 rings (SSSR count). The monoisotopic (exact) mass is 511 g/mol. The summed E-state index contributed by atoms with van der Waals surface area (Å²) in [5.41, 5.74) is 2.49. The van der Waals surface area contributed by atoms with E-state index in [0.717, 1.165) is 38.8 Å². The van der Waals surface area contributed by atoms with Gasteiger partial charge in [0.1, 0.15) is 11.3 Å². The summed E-state index contributed by atoms with van der Waals surface area (Å²) in [6.45, 7) is 11.4. The van der Waals surface area contributed by atoms with E-state index in [1.165, 1.54) is 30.5 Å². The Hall–Kier alpha value is -3.13. The number of ether oxygens (including phenoxy) is 1. The van der Waals surface area contributed by atoms with Gasteiger partial charge in [0.2, 0.25) is 5.43 Å². The molecule has 0 bridgehead atoms. The molecule has 37 heavy (non-hydrogen) atoms. The third-order valence-corrected chi connectivity index (χ3v) is 7.42. The van der Waals surface area contributed by atoms with Crippen molar-refractivity contribution in [2.45, 2.75) is 65.5 Å². The lowest BCUT2D eigenvalue weighted by molar-refractivity contribution is 0.0694. The van der Waals surface area contributed by atoms with Gasteiger partial charge in [0, 0.05) is 44.5 Å². The number of hydrogen-bond donors (Lipinski definition) is 1. The average molecular weight is 512 g/mol. The van der Waals surface area contributed by atoms with E-state index in [2.05, 4.69) is 44.7 Å². The fraction of sp³-hybridized carbons (Fsp3) is 0.517. The number of hydrogen-bond acceptors (Lipinski definition) is 5. The molecule has 1 aliphatic heterocycles. The molecule has 1 atom stereocenters. The van der Waals surface area contributed by atoms with Crippen LogP contribution in [0.3, 0.4) is 0 Å². The number of piperazine rings is 1. The Morgan fingerprint density at radius 3 is 2.54 bits per heavy atom. The van der Waals surface area contributed by atoms with E-state index in [-0.39, 0.29) is 23.0 Å². The van der Waals surface area contributed by atoms with Gasteiger partial charge in [-0.1, -0.05) is 23.3 Å². The van der Waals surface area contributed by atoms with E-state index in [1.807, 2.05) is 4.90 Å².